The molecule has 0 saturated heterocycles. The lowest BCUT2D eigenvalue weighted by Gasteiger charge is -2.06. The van der Waals surface area contributed by atoms with Crippen LogP contribution in [0.3, 0.4) is 0 Å². The van der Waals surface area contributed by atoms with Crippen LogP contribution >= 0.6 is 0 Å². The molecule has 0 aliphatic heterocycles. The van der Waals surface area contributed by atoms with Gasteiger partial charge in [0.2, 0.25) is 0 Å². The summed E-state index contributed by atoms with van der Waals surface area (Å²) in [6.07, 6.45) is 2.57. The van der Waals surface area contributed by atoms with Gasteiger partial charge in [-0.1, -0.05) is 24.3 Å². The maximum Gasteiger partial charge on any atom is 0.151 e. The highest BCUT2D eigenvalue weighted by molar-refractivity contribution is 5.22. The molecule has 19 heavy (non-hydrogen) atoms. The smallest absolute Gasteiger partial charge is 0.151 e. The number of benzene rings is 1. The van der Waals surface area contributed by atoms with Crippen molar-refractivity contribution >= 4 is 0 Å². The van der Waals surface area contributed by atoms with Gasteiger partial charge in [0.15, 0.2) is 5.82 Å². The zero-order valence-corrected chi connectivity index (χ0v) is 11.5. The summed E-state index contributed by atoms with van der Waals surface area (Å²) in [6, 6.07) is 8.41. The van der Waals surface area contributed by atoms with Gasteiger partial charge >= 0.3 is 0 Å². The maximum absolute atomic E-state index is 5.13. The molecule has 0 unspecified atom stereocenters. The molecule has 0 saturated carbocycles. The van der Waals surface area contributed by atoms with Gasteiger partial charge in [0.25, 0.3) is 0 Å². The SMILES string of the molecule is COCc1cccc(CNCCc2ncn(C)n2)c1. The van der Waals surface area contributed by atoms with Gasteiger partial charge in [-0.2, -0.15) is 5.10 Å². The fraction of sp³-hybridized carbons (Fsp3) is 0.429. The lowest BCUT2D eigenvalue weighted by Crippen LogP contribution is -2.17. The van der Waals surface area contributed by atoms with Gasteiger partial charge in [0.1, 0.15) is 6.33 Å². The van der Waals surface area contributed by atoms with E-state index in [1.54, 1.807) is 18.1 Å². The van der Waals surface area contributed by atoms with E-state index >= 15 is 0 Å². The minimum atomic E-state index is 0.658. The van der Waals surface area contributed by atoms with Crippen LogP contribution in [0.4, 0.5) is 0 Å². The lowest BCUT2D eigenvalue weighted by molar-refractivity contribution is 0.185. The summed E-state index contributed by atoms with van der Waals surface area (Å²) < 4.78 is 6.86. The summed E-state index contributed by atoms with van der Waals surface area (Å²) in [6.45, 7) is 2.38. The van der Waals surface area contributed by atoms with Crippen molar-refractivity contribution < 1.29 is 4.74 Å². The highest BCUT2D eigenvalue weighted by Gasteiger charge is 1.99. The molecule has 5 heteroatoms. The zero-order valence-electron chi connectivity index (χ0n) is 11.5. The predicted octanol–water partition coefficient (Wildman–Crippen LogP) is 1.29. The van der Waals surface area contributed by atoms with Crippen LogP contribution in [0.2, 0.25) is 0 Å². The van der Waals surface area contributed by atoms with Crippen LogP contribution in [-0.4, -0.2) is 28.4 Å². The Morgan fingerprint density at radius 3 is 2.89 bits per heavy atom. The van der Waals surface area contributed by atoms with Gasteiger partial charge in [0, 0.05) is 33.7 Å². The van der Waals surface area contributed by atoms with Crippen LogP contribution in [-0.2, 0) is 31.4 Å². The molecule has 1 N–H and O–H groups in total. The number of hydrogen-bond acceptors (Lipinski definition) is 4. The van der Waals surface area contributed by atoms with Gasteiger partial charge < -0.3 is 10.1 Å². The second-order valence-corrected chi connectivity index (χ2v) is 4.51. The third kappa shape index (κ3) is 4.46. The first kappa shape index (κ1) is 13.7. The predicted molar refractivity (Wildman–Crippen MR) is 73.6 cm³/mol. The Morgan fingerprint density at radius 1 is 1.32 bits per heavy atom. The topological polar surface area (TPSA) is 52.0 Å². The monoisotopic (exact) mass is 260 g/mol. The van der Waals surface area contributed by atoms with Crippen molar-refractivity contribution in [2.75, 3.05) is 13.7 Å². The summed E-state index contributed by atoms with van der Waals surface area (Å²) >= 11 is 0. The zero-order chi connectivity index (χ0) is 13.5. The van der Waals surface area contributed by atoms with Crippen LogP contribution in [0.5, 0.6) is 0 Å². The molecule has 1 aromatic carbocycles. The van der Waals surface area contributed by atoms with Crippen molar-refractivity contribution in [3.8, 4) is 0 Å². The van der Waals surface area contributed by atoms with Crippen molar-refractivity contribution in [3.05, 3.63) is 47.5 Å². The highest BCUT2D eigenvalue weighted by Crippen LogP contribution is 2.06. The quantitative estimate of drug-likeness (QED) is 0.762. The lowest BCUT2D eigenvalue weighted by atomic mass is 10.1. The normalized spacial score (nSPS) is 10.8. The van der Waals surface area contributed by atoms with Crippen molar-refractivity contribution in [1.29, 1.82) is 0 Å². The van der Waals surface area contributed by atoms with E-state index in [0.29, 0.717) is 6.61 Å². The largest absolute Gasteiger partial charge is 0.380 e. The van der Waals surface area contributed by atoms with Gasteiger partial charge in [-0.15, -0.1) is 0 Å². The fourth-order valence-electron chi connectivity index (χ4n) is 1.93. The minimum absolute atomic E-state index is 0.658. The first-order chi connectivity index (χ1) is 9.28. The molecule has 0 spiro atoms. The van der Waals surface area contributed by atoms with E-state index < -0.39 is 0 Å². The maximum atomic E-state index is 5.13. The molecular formula is C14H20N4O. The molecule has 2 aromatic rings. The molecule has 0 aliphatic carbocycles. The molecule has 0 atom stereocenters. The Hall–Kier alpha value is -1.72. The van der Waals surface area contributed by atoms with E-state index in [4.69, 9.17) is 4.74 Å². The number of rotatable bonds is 7. The molecule has 5 nitrogen and oxygen atoms in total. The molecule has 0 fully saturated rings. The first-order valence-corrected chi connectivity index (χ1v) is 6.40. The number of hydrogen-bond donors (Lipinski definition) is 1. The van der Waals surface area contributed by atoms with Crippen LogP contribution < -0.4 is 5.32 Å². The van der Waals surface area contributed by atoms with Crippen LogP contribution in [0.25, 0.3) is 0 Å². The third-order valence-electron chi connectivity index (χ3n) is 2.80. The van der Waals surface area contributed by atoms with Gasteiger partial charge in [-0.05, 0) is 11.1 Å². The van der Waals surface area contributed by atoms with E-state index in [0.717, 1.165) is 25.3 Å². The van der Waals surface area contributed by atoms with Crippen LogP contribution in [0, 0.1) is 0 Å². The first-order valence-electron chi connectivity index (χ1n) is 6.40. The average molecular weight is 260 g/mol. The van der Waals surface area contributed by atoms with E-state index in [2.05, 4.69) is 39.7 Å². The second-order valence-electron chi connectivity index (χ2n) is 4.51. The number of aryl methyl sites for hydroxylation is 1. The second kappa shape index (κ2) is 7.01. The Balaban J connectivity index is 1.74. The molecule has 1 aromatic heterocycles. The van der Waals surface area contributed by atoms with Crippen LogP contribution in [0.1, 0.15) is 17.0 Å². The molecule has 102 valence electrons. The standard InChI is InChI=1S/C14H20N4O/c1-18-11-16-14(17-18)6-7-15-9-12-4-3-5-13(8-12)10-19-2/h3-5,8,11,15H,6-7,9-10H2,1-2H3. The summed E-state index contributed by atoms with van der Waals surface area (Å²) in [4.78, 5) is 4.19. The van der Waals surface area contributed by atoms with E-state index in [-0.39, 0.29) is 0 Å². The third-order valence-corrected chi connectivity index (χ3v) is 2.80. The number of nitrogens with one attached hydrogen (secondary N) is 1. The number of aromatic nitrogens is 3. The molecular weight excluding hydrogens is 240 g/mol. The number of methoxy groups -OCH3 is 1. The molecule has 0 bridgehead atoms. The molecule has 0 aliphatic rings. The van der Waals surface area contributed by atoms with E-state index in [1.807, 2.05) is 7.05 Å². The Labute approximate surface area is 113 Å². The Bertz CT molecular complexity index is 510. The van der Waals surface area contributed by atoms with Crippen molar-refractivity contribution in [2.24, 2.45) is 7.05 Å². The van der Waals surface area contributed by atoms with E-state index in [9.17, 15) is 0 Å². The highest BCUT2D eigenvalue weighted by atomic mass is 16.5. The van der Waals surface area contributed by atoms with Crippen molar-refractivity contribution in [3.63, 3.8) is 0 Å². The molecule has 0 amide bonds. The van der Waals surface area contributed by atoms with Crippen molar-refractivity contribution in [1.82, 2.24) is 20.1 Å². The summed E-state index contributed by atoms with van der Waals surface area (Å²) in [5, 5.41) is 7.64. The fourth-order valence-corrected chi connectivity index (χ4v) is 1.93. The molecule has 2 rings (SSSR count). The summed E-state index contributed by atoms with van der Waals surface area (Å²) in [7, 11) is 3.59. The Morgan fingerprint density at radius 2 is 2.16 bits per heavy atom. The number of ether oxygens (including phenoxy) is 1. The molecule has 1 heterocycles. The van der Waals surface area contributed by atoms with Gasteiger partial charge in [-0.3, -0.25) is 4.68 Å². The summed E-state index contributed by atoms with van der Waals surface area (Å²) in [5.41, 5.74) is 2.47. The van der Waals surface area contributed by atoms with E-state index in [1.165, 1.54) is 11.1 Å². The van der Waals surface area contributed by atoms with Crippen LogP contribution in [0.15, 0.2) is 30.6 Å². The Kier molecular flexibility index (Phi) is 5.06. The number of nitrogens with zero attached hydrogens (tertiary/aromatic N) is 3. The minimum Gasteiger partial charge on any atom is -0.380 e. The molecule has 0 radical (unpaired) electrons. The average Bonchev–Trinajstić information content (AvgIpc) is 2.82. The van der Waals surface area contributed by atoms with Gasteiger partial charge in [-0.25, -0.2) is 4.98 Å². The van der Waals surface area contributed by atoms with Gasteiger partial charge in [0.05, 0.1) is 6.61 Å². The summed E-state index contributed by atoms with van der Waals surface area (Å²) in [5.74, 6) is 0.878. The van der Waals surface area contributed by atoms with Crippen molar-refractivity contribution in [2.45, 2.75) is 19.6 Å².